The molecule has 3 heteroatoms. The van der Waals surface area contributed by atoms with E-state index in [0.717, 1.165) is 48.2 Å². The molecule has 0 bridgehead atoms. The first-order chi connectivity index (χ1) is 9.15. The van der Waals surface area contributed by atoms with Gasteiger partial charge >= 0.3 is 0 Å². The van der Waals surface area contributed by atoms with Gasteiger partial charge < -0.3 is 4.43 Å². The Kier molecular flexibility index (Phi) is 7.32. The van der Waals surface area contributed by atoms with Crippen LogP contribution in [0.4, 0.5) is 4.39 Å². The highest BCUT2D eigenvalue weighted by molar-refractivity contribution is 5.98. The van der Waals surface area contributed by atoms with E-state index in [1.54, 1.807) is 12.1 Å². The summed E-state index contributed by atoms with van der Waals surface area (Å²) in [5.41, 5.74) is 1.24. The number of benzene rings is 1. The minimum absolute atomic E-state index is 0.127. The van der Waals surface area contributed by atoms with Gasteiger partial charge in [0, 0.05) is 0 Å². The van der Waals surface area contributed by atoms with E-state index >= 15 is 0 Å². The quantitative estimate of drug-likeness (QED) is 0.495. The zero-order valence-electron chi connectivity index (χ0n) is 12.5. The largest absolute Gasteiger partial charge is 0.422 e. The average molecular weight is 282 g/mol. The maximum Gasteiger partial charge on any atom is 0.146 e. The lowest BCUT2D eigenvalue weighted by atomic mass is 9.90. The molecule has 0 fully saturated rings. The molecule has 1 aromatic rings. The van der Waals surface area contributed by atoms with Gasteiger partial charge in [-0.05, 0) is 49.8 Å². The molecule has 0 aliphatic heterocycles. The van der Waals surface area contributed by atoms with Gasteiger partial charge in [-0.3, -0.25) is 0 Å². The van der Waals surface area contributed by atoms with Crippen molar-refractivity contribution in [2.24, 2.45) is 0 Å². The van der Waals surface area contributed by atoms with E-state index in [9.17, 15) is 4.39 Å². The molecule has 108 valence electrons. The van der Waals surface area contributed by atoms with Crippen LogP contribution < -0.4 is 0 Å². The van der Waals surface area contributed by atoms with Crippen molar-refractivity contribution in [3.05, 3.63) is 35.6 Å². The van der Waals surface area contributed by atoms with Crippen molar-refractivity contribution >= 4 is 10.5 Å². The van der Waals surface area contributed by atoms with Gasteiger partial charge in [0.15, 0.2) is 0 Å². The molecule has 0 aliphatic rings. The highest BCUT2D eigenvalue weighted by Crippen LogP contribution is 2.26. The molecule has 0 unspecified atom stereocenters. The van der Waals surface area contributed by atoms with Crippen LogP contribution in [-0.4, -0.2) is 16.1 Å². The Morgan fingerprint density at radius 3 is 2.47 bits per heavy atom. The van der Waals surface area contributed by atoms with Gasteiger partial charge in [0.2, 0.25) is 0 Å². The number of unbranched alkanes of at least 4 members (excludes halogenated alkanes) is 2. The Balaban J connectivity index is 2.24. The van der Waals surface area contributed by atoms with Crippen LogP contribution in [-0.2, 0) is 10.8 Å². The zero-order chi connectivity index (χ0) is 14.1. The van der Waals surface area contributed by atoms with Crippen molar-refractivity contribution in [1.29, 1.82) is 0 Å². The molecule has 0 saturated heterocycles. The summed E-state index contributed by atoms with van der Waals surface area (Å²) in [5, 5.41) is 0. The van der Waals surface area contributed by atoms with Crippen LogP contribution in [0, 0.1) is 5.82 Å². The predicted octanol–water partition coefficient (Wildman–Crippen LogP) is 3.78. The van der Waals surface area contributed by atoms with Crippen molar-refractivity contribution in [1.82, 2.24) is 0 Å². The van der Waals surface area contributed by atoms with Crippen LogP contribution >= 0.6 is 0 Å². The molecular formula is C16H27FOSi. The van der Waals surface area contributed by atoms with E-state index in [1.165, 1.54) is 18.9 Å². The smallest absolute Gasteiger partial charge is 0.146 e. The third-order valence-electron chi connectivity index (χ3n) is 4.21. The molecule has 19 heavy (non-hydrogen) atoms. The van der Waals surface area contributed by atoms with Gasteiger partial charge in [0.25, 0.3) is 0 Å². The molecule has 0 saturated carbocycles. The van der Waals surface area contributed by atoms with E-state index in [2.05, 4.69) is 13.8 Å². The molecule has 1 nitrogen and oxygen atoms in total. The third-order valence-corrected chi connectivity index (χ3v) is 5.07. The van der Waals surface area contributed by atoms with Crippen molar-refractivity contribution in [3.63, 3.8) is 0 Å². The number of hydrogen-bond donors (Lipinski definition) is 0. The highest BCUT2D eigenvalue weighted by Gasteiger charge is 2.23. The Morgan fingerprint density at radius 2 is 1.89 bits per heavy atom. The number of halogens is 1. The Bertz CT molecular complexity index is 355. The summed E-state index contributed by atoms with van der Waals surface area (Å²) in [4.78, 5) is 0. The van der Waals surface area contributed by atoms with Gasteiger partial charge in [-0.2, -0.15) is 0 Å². The van der Waals surface area contributed by atoms with Crippen molar-refractivity contribution in [2.45, 2.75) is 64.4 Å². The van der Waals surface area contributed by atoms with Crippen LogP contribution in [0.1, 0.15) is 57.9 Å². The lowest BCUT2D eigenvalue weighted by molar-refractivity contribution is 0.0584. The molecule has 1 aromatic carbocycles. The maximum atomic E-state index is 13.0. The molecule has 0 spiro atoms. The summed E-state index contributed by atoms with van der Waals surface area (Å²) < 4.78 is 18.8. The predicted molar refractivity (Wildman–Crippen MR) is 82.9 cm³/mol. The summed E-state index contributed by atoms with van der Waals surface area (Å²) in [7, 11) is 0.822. The van der Waals surface area contributed by atoms with Gasteiger partial charge in [-0.15, -0.1) is 0 Å². The summed E-state index contributed by atoms with van der Waals surface area (Å²) in [6.07, 6.45) is 7.89. The first-order valence-electron chi connectivity index (χ1n) is 7.45. The lowest BCUT2D eigenvalue weighted by Crippen LogP contribution is -2.30. The number of hydrogen-bond acceptors (Lipinski definition) is 1. The van der Waals surface area contributed by atoms with E-state index in [-0.39, 0.29) is 11.4 Å². The second-order valence-electron chi connectivity index (χ2n) is 5.28. The minimum Gasteiger partial charge on any atom is -0.422 e. The van der Waals surface area contributed by atoms with E-state index in [1.807, 2.05) is 6.07 Å². The Hall–Kier alpha value is -0.673. The normalized spacial score (nSPS) is 11.9. The fourth-order valence-electron chi connectivity index (χ4n) is 2.64. The second kappa shape index (κ2) is 8.49. The third kappa shape index (κ3) is 5.45. The van der Waals surface area contributed by atoms with Crippen molar-refractivity contribution < 1.29 is 8.82 Å². The molecule has 0 heterocycles. The molecule has 0 atom stereocenters. The van der Waals surface area contributed by atoms with Crippen LogP contribution in [0.5, 0.6) is 0 Å². The fourth-order valence-corrected chi connectivity index (χ4v) is 3.42. The second-order valence-corrected chi connectivity index (χ2v) is 5.69. The minimum atomic E-state index is -0.127. The number of aryl methyl sites for hydroxylation is 1. The van der Waals surface area contributed by atoms with Crippen LogP contribution in [0.25, 0.3) is 0 Å². The topological polar surface area (TPSA) is 9.23 Å². The van der Waals surface area contributed by atoms with E-state index in [0.29, 0.717) is 0 Å². The fraction of sp³-hybridized carbons (Fsp3) is 0.625. The van der Waals surface area contributed by atoms with Gasteiger partial charge in [-0.25, -0.2) is 4.39 Å². The monoisotopic (exact) mass is 282 g/mol. The SMILES string of the molecule is CCC(CC)(CCCCCc1cccc(F)c1)O[SiH3]. The highest BCUT2D eigenvalue weighted by atomic mass is 28.2. The maximum absolute atomic E-state index is 13.0. The molecule has 1 rings (SSSR count). The summed E-state index contributed by atoms with van der Waals surface area (Å²) in [6.45, 7) is 4.43. The van der Waals surface area contributed by atoms with E-state index in [4.69, 9.17) is 4.43 Å². The van der Waals surface area contributed by atoms with Gasteiger partial charge in [0.05, 0.1) is 5.60 Å². The average Bonchev–Trinajstić information content (AvgIpc) is 2.44. The lowest BCUT2D eigenvalue weighted by Gasteiger charge is -2.31. The standard InChI is InChI=1S/C16H27FOSi/c1-3-16(4-2,18-19)12-7-5-6-9-14-10-8-11-15(17)13-14/h8,10-11,13H,3-7,9,12H2,1-2,19H3. The summed E-state index contributed by atoms with van der Waals surface area (Å²) >= 11 is 0. The van der Waals surface area contributed by atoms with Crippen LogP contribution in [0.2, 0.25) is 0 Å². The van der Waals surface area contributed by atoms with Crippen molar-refractivity contribution in [3.8, 4) is 0 Å². The van der Waals surface area contributed by atoms with Crippen molar-refractivity contribution in [2.75, 3.05) is 0 Å². The summed E-state index contributed by atoms with van der Waals surface area (Å²) in [6, 6.07) is 6.94. The Morgan fingerprint density at radius 1 is 1.16 bits per heavy atom. The molecule has 0 aliphatic carbocycles. The Labute approximate surface area is 120 Å². The first kappa shape index (κ1) is 16.4. The van der Waals surface area contributed by atoms with E-state index < -0.39 is 0 Å². The molecule has 0 amide bonds. The molecular weight excluding hydrogens is 255 g/mol. The zero-order valence-corrected chi connectivity index (χ0v) is 14.5. The van der Waals surface area contributed by atoms with Gasteiger partial charge in [-0.1, -0.05) is 38.8 Å². The number of rotatable bonds is 9. The summed E-state index contributed by atoms with van der Waals surface area (Å²) in [5.74, 6) is -0.127. The molecule has 0 N–H and O–H groups in total. The molecule has 0 aromatic heterocycles. The van der Waals surface area contributed by atoms with Gasteiger partial charge in [0.1, 0.15) is 16.3 Å². The molecule has 0 radical (unpaired) electrons. The first-order valence-corrected chi connectivity index (χ1v) is 8.27. The van der Waals surface area contributed by atoms with Crippen LogP contribution in [0.3, 0.4) is 0 Å². The van der Waals surface area contributed by atoms with Crippen LogP contribution in [0.15, 0.2) is 24.3 Å².